The van der Waals surface area contributed by atoms with Crippen LogP contribution in [0.4, 0.5) is 5.69 Å². The predicted octanol–water partition coefficient (Wildman–Crippen LogP) is 4.03. The smallest absolute Gasteiger partial charge is 0.274 e. The number of hydrogen-bond acceptors (Lipinski definition) is 4. The summed E-state index contributed by atoms with van der Waals surface area (Å²) in [5.41, 5.74) is 4.93. The van der Waals surface area contributed by atoms with Crippen molar-refractivity contribution in [2.75, 3.05) is 25.0 Å². The largest absolute Gasteiger partial charge is 0.494 e. The highest BCUT2D eigenvalue weighted by molar-refractivity contribution is 5.92. The molecule has 0 bridgehead atoms. The van der Waals surface area contributed by atoms with Crippen molar-refractivity contribution in [3.05, 3.63) is 59.7 Å². The van der Waals surface area contributed by atoms with Crippen LogP contribution in [0.25, 0.3) is 5.69 Å². The Balaban J connectivity index is 1.24. The molecule has 2 N–H and O–H groups in total. The average Bonchev–Trinajstić information content (AvgIpc) is 3.30. The second-order valence-corrected chi connectivity index (χ2v) is 8.86. The Hall–Kier alpha value is -3.22. The molecule has 160 valence electrons. The lowest BCUT2D eigenvalue weighted by Crippen LogP contribution is -2.51. The van der Waals surface area contributed by atoms with Crippen LogP contribution in [0, 0.1) is 0 Å². The molecule has 0 atom stereocenters. The summed E-state index contributed by atoms with van der Waals surface area (Å²) in [5, 5.41) is 11.2. The SMILES string of the molecule is CCOc1ccc2c(c1)NC1(CCN(C(=O)c3cc(C4CC4)[nH]n3)CC1)c1cccn1-2. The van der Waals surface area contributed by atoms with Gasteiger partial charge in [-0.25, -0.2) is 0 Å². The lowest BCUT2D eigenvalue weighted by Gasteiger charge is -2.46. The third-order valence-electron chi connectivity index (χ3n) is 6.89. The predicted molar refractivity (Wildman–Crippen MR) is 118 cm³/mol. The fourth-order valence-electron chi connectivity index (χ4n) is 5.07. The Bertz CT molecular complexity index is 1130. The maximum atomic E-state index is 13.0. The number of piperidine rings is 1. The lowest BCUT2D eigenvalue weighted by atomic mass is 9.82. The first-order valence-electron chi connectivity index (χ1n) is 11.2. The molecule has 1 saturated heterocycles. The van der Waals surface area contributed by atoms with Crippen molar-refractivity contribution in [3.63, 3.8) is 0 Å². The van der Waals surface area contributed by atoms with Crippen LogP contribution >= 0.6 is 0 Å². The van der Waals surface area contributed by atoms with Gasteiger partial charge in [-0.2, -0.15) is 5.10 Å². The number of aromatic amines is 1. The van der Waals surface area contributed by atoms with Crippen molar-refractivity contribution in [2.24, 2.45) is 0 Å². The normalized spacial score (nSPS) is 18.9. The van der Waals surface area contributed by atoms with Gasteiger partial charge in [0, 0.05) is 42.7 Å². The van der Waals surface area contributed by atoms with Gasteiger partial charge >= 0.3 is 0 Å². The first-order valence-corrected chi connectivity index (χ1v) is 11.2. The van der Waals surface area contributed by atoms with Gasteiger partial charge in [0.2, 0.25) is 0 Å². The summed E-state index contributed by atoms with van der Waals surface area (Å²) in [7, 11) is 0. The Kier molecular flexibility index (Phi) is 4.13. The van der Waals surface area contributed by atoms with Gasteiger partial charge in [-0.15, -0.1) is 0 Å². The van der Waals surface area contributed by atoms with Crippen molar-refractivity contribution >= 4 is 11.6 Å². The molecule has 7 nitrogen and oxygen atoms in total. The minimum atomic E-state index is -0.192. The number of rotatable bonds is 4. The molecule has 31 heavy (non-hydrogen) atoms. The van der Waals surface area contributed by atoms with E-state index in [1.165, 1.54) is 18.5 Å². The maximum absolute atomic E-state index is 13.0. The summed E-state index contributed by atoms with van der Waals surface area (Å²) < 4.78 is 8.00. The zero-order chi connectivity index (χ0) is 21.0. The Morgan fingerprint density at radius 2 is 2.06 bits per heavy atom. The molecule has 2 aliphatic heterocycles. The zero-order valence-corrected chi connectivity index (χ0v) is 17.7. The molecule has 6 rings (SSSR count). The fraction of sp³-hybridized carbons (Fsp3) is 0.417. The van der Waals surface area contributed by atoms with Crippen LogP contribution in [0.5, 0.6) is 5.75 Å². The molecule has 3 aliphatic rings. The Labute approximate surface area is 181 Å². The van der Waals surface area contributed by atoms with Gasteiger partial charge in [0.1, 0.15) is 11.4 Å². The van der Waals surface area contributed by atoms with E-state index in [2.05, 4.69) is 50.5 Å². The number of likely N-dealkylation sites (tertiary alicyclic amines) is 1. The third kappa shape index (κ3) is 3.02. The van der Waals surface area contributed by atoms with Crippen LogP contribution in [-0.2, 0) is 5.54 Å². The van der Waals surface area contributed by atoms with Crippen LogP contribution in [0.3, 0.4) is 0 Å². The molecule has 0 radical (unpaired) electrons. The van der Waals surface area contributed by atoms with Crippen molar-refractivity contribution in [2.45, 2.75) is 44.1 Å². The number of hydrogen-bond donors (Lipinski definition) is 2. The topological polar surface area (TPSA) is 75.2 Å². The van der Waals surface area contributed by atoms with Crippen LogP contribution < -0.4 is 10.1 Å². The van der Waals surface area contributed by atoms with Gasteiger partial charge in [0.05, 0.1) is 23.5 Å². The van der Waals surface area contributed by atoms with Crippen molar-refractivity contribution in [3.8, 4) is 11.4 Å². The second kappa shape index (κ2) is 6.90. The molecular formula is C24H27N5O2. The van der Waals surface area contributed by atoms with Crippen LogP contribution in [-0.4, -0.2) is 45.3 Å². The van der Waals surface area contributed by atoms with Crippen molar-refractivity contribution < 1.29 is 9.53 Å². The average molecular weight is 418 g/mol. The molecule has 0 unspecified atom stereocenters. The minimum Gasteiger partial charge on any atom is -0.494 e. The fourth-order valence-corrected chi connectivity index (χ4v) is 5.07. The lowest BCUT2D eigenvalue weighted by molar-refractivity contribution is 0.0670. The van der Waals surface area contributed by atoms with E-state index in [0.717, 1.165) is 35.7 Å². The molecule has 4 heterocycles. The highest BCUT2D eigenvalue weighted by Crippen LogP contribution is 2.44. The van der Waals surface area contributed by atoms with Crippen molar-refractivity contribution in [1.82, 2.24) is 19.7 Å². The number of fused-ring (bicyclic) bond motifs is 4. The summed E-state index contributed by atoms with van der Waals surface area (Å²) >= 11 is 0. The standard InChI is InChI=1S/C24H27N5O2/c1-2-31-17-7-8-21-19(14-17)25-24(22-4-3-11-29(21)22)9-12-28(13-10-24)23(30)20-15-18(26-27-20)16-5-6-16/h3-4,7-8,11,14-16,25H,2,5-6,9-10,12-13H2,1H3,(H,26,27). The highest BCUT2D eigenvalue weighted by Gasteiger charge is 2.42. The Morgan fingerprint density at radius 1 is 1.23 bits per heavy atom. The number of benzene rings is 1. The maximum Gasteiger partial charge on any atom is 0.274 e. The first kappa shape index (κ1) is 18.5. The molecule has 1 spiro atoms. The molecule has 1 aromatic carbocycles. The number of anilines is 1. The number of carbonyl (C=O) groups is 1. The number of nitrogens with one attached hydrogen (secondary N) is 2. The van der Waals surface area contributed by atoms with Crippen molar-refractivity contribution in [1.29, 1.82) is 0 Å². The van der Waals surface area contributed by atoms with E-state index in [4.69, 9.17) is 4.74 Å². The zero-order valence-electron chi connectivity index (χ0n) is 17.7. The van der Waals surface area contributed by atoms with Gasteiger partial charge in [-0.1, -0.05) is 0 Å². The molecular weight excluding hydrogens is 390 g/mol. The van der Waals surface area contributed by atoms with Gasteiger partial charge in [-0.3, -0.25) is 9.89 Å². The van der Waals surface area contributed by atoms with E-state index in [9.17, 15) is 4.79 Å². The number of H-pyrrole nitrogens is 1. The van der Waals surface area contributed by atoms with Crippen LogP contribution in [0.2, 0.25) is 0 Å². The molecule has 2 aromatic heterocycles. The summed E-state index contributed by atoms with van der Waals surface area (Å²) in [6, 6.07) is 12.5. The molecule has 7 heteroatoms. The number of carbonyl (C=O) groups excluding carboxylic acids is 1. The molecule has 1 saturated carbocycles. The van der Waals surface area contributed by atoms with E-state index in [0.29, 0.717) is 31.3 Å². The number of nitrogens with zero attached hydrogens (tertiary/aromatic N) is 3. The second-order valence-electron chi connectivity index (χ2n) is 8.86. The van der Waals surface area contributed by atoms with Crippen LogP contribution in [0.15, 0.2) is 42.6 Å². The van der Waals surface area contributed by atoms with E-state index in [1.807, 2.05) is 24.0 Å². The number of ether oxygens (including phenoxy) is 1. The Morgan fingerprint density at radius 3 is 2.84 bits per heavy atom. The summed E-state index contributed by atoms with van der Waals surface area (Å²) in [4.78, 5) is 15.0. The first-order chi connectivity index (χ1) is 15.2. The quantitative estimate of drug-likeness (QED) is 0.672. The molecule has 1 aliphatic carbocycles. The molecule has 1 amide bonds. The van der Waals surface area contributed by atoms with E-state index < -0.39 is 0 Å². The number of aromatic nitrogens is 3. The summed E-state index contributed by atoms with van der Waals surface area (Å²) in [6.07, 6.45) is 6.21. The van der Waals surface area contributed by atoms with Gasteiger partial charge in [0.15, 0.2) is 0 Å². The third-order valence-corrected chi connectivity index (χ3v) is 6.89. The summed E-state index contributed by atoms with van der Waals surface area (Å²) in [6.45, 7) is 4.04. The van der Waals surface area contributed by atoms with E-state index in [1.54, 1.807) is 0 Å². The van der Waals surface area contributed by atoms with Gasteiger partial charge in [-0.05, 0) is 62.9 Å². The van der Waals surface area contributed by atoms with E-state index >= 15 is 0 Å². The molecule has 3 aromatic rings. The monoisotopic (exact) mass is 417 g/mol. The summed E-state index contributed by atoms with van der Waals surface area (Å²) in [5.74, 6) is 1.47. The van der Waals surface area contributed by atoms with Gasteiger partial charge in [0.25, 0.3) is 5.91 Å². The minimum absolute atomic E-state index is 0.0308. The van der Waals surface area contributed by atoms with Crippen LogP contribution in [0.1, 0.15) is 60.4 Å². The highest BCUT2D eigenvalue weighted by atomic mass is 16.5. The van der Waals surface area contributed by atoms with E-state index in [-0.39, 0.29) is 11.4 Å². The van der Waals surface area contributed by atoms with Gasteiger partial charge < -0.3 is 19.5 Å². The molecule has 2 fully saturated rings. The number of amides is 1.